The van der Waals surface area contributed by atoms with Gasteiger partial charge in [0.1, 0.15) is 6.04 Å². The highest BCUT2D eigenvalue weighted by atomic mass is 79.9. The number of morpholine rings is 1. The Balaban J connectivity index is 1.66. The Kier molecular flexibility index (Phi) is 7.45. The van der Waals surface area contributed by atoms with Gasteiger partial charge in [-0.05, 0) is 13.3 Å². The maximum Gasteiger partial charge on any atom is 0.308 e. The molecule has 184 valence electrons. The van der Waals surface area contributed by atoms with Gasteiger partial charge in [-0.1, -0.05) is 22.0 Å². The lowest BCUT2D eigenvalue weighted by Crippen LogP contribution is -2.58. The van der Waals surface area contributed by atoms with Crippen LogP contribution in [0, 0.1) is 11.8 Å². The molecule has 11 heteroatoms. The summed E-state index contributed by atoms with van der Waals surface area (Å²) in [6, 6.07) is -1.40. The molecule has 2 amide bonds. The van der Waals surface area contributed by atoms with Crippen LogP contribution in [0.3, 0.4) is 0 Å². The smallest absolute Gasteiger partial charge is 0.308 e. The van der Waals surface area contributed by atoms with E-state index >= 15 is 0 Å². The quantitative estimate of drug-likeness (QED) is 0.313. The first-order valence-electron chi connectivity index (χ1n) is 11.4. The number of hydrogen-bond acceptors (Lipinski definition) is 7. The van der Waals surface area contributed by atoms with E-state index < -0.39 is 34.6 Å². The van der Waals surface area contributed by atoms with Crippen molar-refractivity contribution in [3.8, 4) is 0 Å². The second-order valence-corrected chi connectivity index (χ2v) is 12.0. The van der Waals surface area contributed by atoms with E-state index in [9.17, 15) is 24.6 Å². The number of nitrogens with zero attached hydrogens (tertiary/aromatic N) is 3. The normalized spacial score (nSPS) is 36.6. The Morgan fingerprint density at radius 1 is 1.42 bits per heavy atom. The van der Waals surface area contributed by atoms with Crippen LogP contribution >= 0.6 is 27.7 Å². The van der Waals surface area contributed by atoms with Gasteiger partial charge in [0.2, 0.25) is 11.8 Å². The fourth-order valence-electron chi connectivity index (χ4n) is 5.90. The molecule has 4 aliphatic heterocycles. The minimum absolute atomic E-state index is 0.0893. The lowest BCUT2D eigenvalue weighted by molar-refractivity contribution is -0.149. The third-order valence-electron chi connectivity index (χ3n) is 7.44. The Morgan fingerprint density at radius 3 is 2.73 bits per heavy atom. The first-order chi connectivity index (χ1) is 15.8. The van der Waals surface area contributed by atoms with Gasteiger partial charge in [0.15, 0.2) is 0 Å². The van der Waals surface area contributed by atoms with Gasteiger partial charge in [0.25, 0.3) is 0 Å². The fourth-order valence-corrected chi connectivity index (χ4v) is 9.48. The zero-order valence-corrected chi connectivity index (χ0v) is 21.2. The lowest BCUT2D eigenvalue weighted by atomic mass is 9.71. The van der Waals surface area contributed by atoms with Gasteiger partial charge in [-0.3, -0.25) is 19.3 Å². The number of alkyl halides is 1. The number of amides is 2. The molecule has 7 atom stereocenters. The van der Waals surface area contributed by atoms with E-state index in [-0.39, 0.29) is 28.5 Å². The van der Waals surface area contributed by atoms with Gasteiger partial charge in [0.05, 0.1) is 42.4 Å². The van der Waals surface area contributed by atoms with Crippen LogP contribution in [-0.4, -0.2) is 122 Å². The Hall–Kier alpha value is -1.14. The number of halogens is 1. The zero-order valence-electron chi connectivity index (χ0n) is 18.8. The maximum absolute atomic E-state index is 14.1. The number of carbonyl (C=O) groups is 3. The van der Waals surface area contributed by atoms with Crippen LogP contribution in [0.2, 0.25) is 0 Å². The van der Waals surface area contributed by atoms with E-state index in [1.54, 1.807) is 17.9 Å². The summed E-state index contributed by atoms with van der Waals surface area (Å²) < 4.78 is 4.58. The molecule has 4 rings (SSSR count). The highest BCUT2D eigenvalue weighted by Gasteiger charge is 2.76. The number of carboxylic acids is 1. The number of fused-ring (bicyclic) bond motifs is 1. The van der Waals surface area contributed by atoms with E-state index in [0.717, 1.165) is 13.1 Å². The van der Waals surface area contributed by atoms with Crippen LogP contribution in [0.5, 0.6) is 0 Å². The van der Waals surface area contributed by atoms with E-state index in [1.807, 2.05) is 0 Å². The Labute approximate surface area is 206 Å². The van der Waals surface area contributed by atoms with Crippen LogP contribution < -0.4 is 0 Å². The molecule has 0 aromatic carbocycles. The number of aliphatic hydroxyl groups is 1. The molecule has 9 nitrogen and oxygen atoms in total. The molecule has 3 unspecified atom stereocenters. The van der Waals surface area contributed by atoms with Crippen LogP contribution in [0.4, 0.5) is 0 Å². The van der Waals surface area contributed by atoms with Crippen LogP contribution in [-0.2, 0) is 19.1 Å². The molecule has 4 fully saturated rings. The van der Waals surface area contributed by atoms with E-state index in [2.05, 4.69) is 27.4 Å². The minimum Gasteiger partial charge on any atom is -0.481 e. The van der Waals surface area contributed by atoms with Crippen molar-refractivity contribution >= 4 is 45.5 Å². The van der Waals surface area contributed by atoms with Gasteiger partial charge in [0, 0.05) is 42.8 Å². The third-order valence-corrected chi connectivity index (χ3v) is 10.7. The number of aliphatic hydroxyl groups excluding tert-OH is 1. The molecule has 4 aliphatic rings. The Morgan fingerprint density at radius 2 is 2.12 bits per heavy atom. The first-order valence-corrected chi connectivity index (χ1v) is 13.2. The molecule has 33 heavy (non-hydrogen) atoms. The zero-order chi connectivity index (χ0) is 23.9. The average molecular weight is 546 g/mol. The topological polar surface area (TPSA) is 111 Å². The maximum atomic E-state index is 14.1. The van der Waals surface area contributed by atoms with Gasteiger partial charge in [-0.2, -0.15) is 0 Å². The SMILES string of the molecule is C=CCN(CCN1CCOCC1)C(=O)C1N([C@H](C)CO)C(=O)[C@@H]2[C@H](C(=O)O)[C@H]3SC12CC3Br. The van der Waals surface area contributed by atoms with Crippen molar-refractivity contribution in [2.45, 2.75) is 40.3 Å². The molecular formula is C22H32BrN3O6S. The van der Waals surface area contributed by atoms with Crippen molar-refractivity contribution < 1.29 is 29.3 Å². The lowest BCUT2D eigenvalue weighted by Gasteiger charge is -2.39. The van der Waals surface area contributed by atoms with Gasteiger partial charge < -0.3 is 24.7 Å². The predicted octanol–water partition coefficient (Wildman–Crippen LogP) is 0.263. The molecule has 0 aromatic rings. The largest absolute Gasteiger partial charge is 0.481 e. The highest BCUT2D eigenvalue weighted by Crippen LogP contribution is 2.68. The predicted molar refractivity (Wildman–Crippen MR) is 127 cm³/mol. The monoisotopic (exact) mass is 545 g/mol. The number of carbonyl (C=O) groups excluding carboxylic acids is 2. The van der Waals surface area contributed by atoms with Gasteiger partial charge >= 0.3 is 5.97 Å². The fraction of sp³-hybridized carbons (Fsp3) is 0.773. The molecule has 0 saturated carbocycles. The summed E-state index contributed by atoms with van der Waals surface area (Å²) in [5.74, 6) is -3.15. The molecule has 0 aromatic heterocycles. The van der Waals surface area contributed by atoms with Crippen molar-refractivity contribution in [3.05, 3.63) is 12.7 Å². The number of aliphatic carboxylic acids is 1. The van der Waals surface area contributed by atoms with Crippen molar-refractivity contribution in [2.24, 2.45) is 11.8 Å². The first kappa shape index (κ1) is 25.0. The second-order valence-electron chi connectivity index (χ2n) is 9.31. The average Bonchev–Trinajstić information content (AvgIpc) is 3.39. The number of likely N-dealkylation sites (tertiary alicyclic amines) is 1. The summed E-state index contributed by atoms with van der Waals surface area (Å²) in [6.07, 6.45) is 2.22. The standard InChI is InChI=1S/C22H32BrN3O6S/c1-3-4-25(6-5-24-7-9-32-10-8-24)20(29)18-22-11-14(23)17(33-22)15(21(30)31)16(22)19(28)26(18)13(2)12-27/h3,13-18,27H,1,4-12H2,2H3,(H,30,31)/t13-,14?,15+,16+,17+,18?,22?/m1/s1. The number of thioether (sulfide) groups is 1. The number of carboxylic acid groups (broad SMARTS) is 1. The Bertz CT molecular complexity index is 811. The van der Waals surface area contributed by atoms with Crippen molar-refractivity contribution in [1.29, 1.82) is 0 Å². The number of ether oxygens (including phenoxy) is 1. The second kappa shape index (κ2) is 9.85. The number of hydrogen-bond donors (Lipinski definition) is 2. The summed E-state index contributed by atoms with van der Waals surface area (Å²) in [4.78, 5) is 45.2. The minimum atomic E-state index is -1.00. The number of rotatable bonds is 9. The molecule has 4 heterocycles. The highest BCUT2D eigenvalue weighted by molar-refractivity contribution is 9.09. The third kappa shape index (κ3) is 4.13. The summed E-state index contributed by atoms with van der Waals surface area (Å²) in [5.41, 5.74) is 0. The summed E-state index contributed by atoms with van der Waals surface area (Å²) in [7, 11) is 0. The van der Waals surface area contributed by atoms with Crippen LogP contribution in [0.15, 0.2) is 12.7 Å². The molecule has 4 saturated heterocycles. The molecule has 1 spiro atoms. The summed E-state index contributed by atoms with van der Waals surface area (Å²) in [6.45, 7) is 9.67. The van der Waals surface area contributed by atoms with Crippen molar-refractivity contribution in [1.82, 2.24) is 14.7 Å². The van der Waals surface area contributed by atoms with E-state index in [4.69, 9.17) is 4.74 Å². The van der Waals surface area contributed by atoms with Crippen LogP contribution in [0.25, 0.3) is 0 Å². The van der Waals surface area contributed by atoms with Gasteiger partial charge in [-0.25, -0.2) is 0 Å². The molecule has 0 aliphatic carbocycles. The van der Waals surface area contributed by atoms with Gasteiger partial charge in [-0.15, -0.1) is 18.3 Å². The molecule has 2 bridgehead atoms. The molecule has 2 N–H and O–H groups in total. The summed E-state index contributed by atoms with van der Waals surface area (Å²) >= 11 is 5.11. The van der Waals surface area contributed by atoms with E-state index in [1.165, 1.54) is 16.7 Å². The van der Waals surface area contributed by atoms with E-state index in [0.29, 0.717) is 39.3 Å². The van der Waals surface area contributed by atoms with Crippen molar-refractivity contribution in [2.75, 3.05) is 52.5 Å². The molecular weight excluding hydrogens is 514 g/mol. The van der Waals surface area contributed by atoms with Crippen molar-refractivity contribution in [3.63, 3.8) is 0 Å². The summed E-state index contributed by atoms with van der Waals surface area (Å²) in [5, 5.41) is 19.6. The molecule has 0 radical (unpaired) electrons. The van der Waals surface area contributed by atoms with Crippen LogP contribution in [0.1, 0.15) is 13.3 Å².